The summed E-state index contributed by atoms with van der Waals surface area (Å²) in [5.74, 6) is -1.84. The number of halogens is 2. The molecule has 0 bridgehead atoms. The summed E-state index contributed by atoms with van der Waals surface area (Å²) in [6.07, 6.45) is 7.22. The Labute approximate surface area is 116 Å². The Morgan fingerprint density at radius 1 is 1.10 bits per heavy atom. The molecule has 1 aromatic carbocycles. The van der Waals surface area contributed by atoms with E-state index in [-0.39, 0.29) is 11.7 Å². The molecule has 1 saturated carbocycles. The van der Waals surface area contributed by atoms with Crippen LogP contribution >= 0.6 is 0 Å². The molecule has 0 aromatic heterocycles. The third kappa shape index (κ3) is 3.65. The van der Waals surface area contributed by atoms with Gasteiger partial charge in [0.05, 0.1) is 11.0 Å². The number of rotatable bonds is 3. The first-order valence-electron chi connectivity index (χ1n) is 6.98. The smallest absolute Gasteiger partial charge is 0.298 e. The first kappa shape index (κ1) is 14.7. The second kappa shape index (κ2) is 6.63. The lowest BCUT2D eigenvalue weighted by atomic mass is 9.96. The highest BCUT2D eigenvalue weighted by Crippen LogP contribution is 2.31. The minimum absolute atomic E-state index is 0.00830. The molecule has 1 N–H and O–H groups in total. The van der Waals surface area contributed by atoms with E-state index in [2.05, 4.69) is 5.32 Å². The molecule has 0 spiro atoms. The fraction of sp³-hybridized carbons (Fsp3) is 0.571. The predicted molar refractivity (Wildman–Crippen MR) is 72.7 cm³/mol. The molecule has 2 rings (SSSR count). The number of nitrogens with one attached hydrogen (secondary N) is 1. The highest BCUT2D eigenvalue weighted by atomic mass is 19.1. The average Bonchev–Trinajstić information content (AvgIpc) is 2.34. The molecule has 0 saturated heterocycles. The second-order valence-electron chi connectivity index (χ2n) is 5.23. The molecule has 1 aromatic rings. The molecule has 0 heterocycles. The van der Waals surface area contributed by atoms with Crippen LogP contribution in [0.4, 0.5) is 20.2 Å². The summed E-state index contributed by atoms with van der Waals surface area (Å²) in [6.45, 7) is 0. The fourth-order valence-corrected chi connectivity index (χ4v) is 2.65. The SMILES string of the molecule is O=[N+]([O-])c1cc(F)cc(F)c1NC1CCCCCCC1. The molecule has 0 atom stereocenters. The van der Waals surface area contributed by atoms with Gasteiger partial charge in [-0.05, 0) is 12.8 Å². The number of hydrogen-bond acceptors (Lipinski definition) is 3. The lowest BCUT2D eigenvalue weighted by molar-refractivity contribution is -0.384. The molecular weight excluding hydrogens is 266 g/mol. The summed E-state index contributed by atoms with van der Waals surface area (Å²) in [5.41, 5.74) is -0.730. The van der Waals surface area contributed by atoms with Gasteiger partial charge < -0.3 is 5.32 Å². The van der Waals surface area contributed by atoms with Crippen molar-refractivity contribution in [3.63, 3.8) is 0 Å². The number of hydrogen-bond donors (Lipinski definition) is 1. The Hall–Kier alpha value is -1.72. The molecule has 0 aliphatic heterocycles. The van der Waals surface area contributed by atoms with Crippen molar-refractivity contribution >= 4 is 11.4 Å². The van der Waals surface area contributed by atoms with Gasteiger partial charge in [-0.15, -0.1) is 0 Å². The van der Waals surface area contributed by atoms with Crippen LogP contribution < -0.4 is 5.32 Å². The largest absolute Gasteiger partial charge is 0.374 e. The monoisotopic (exact) mass is 284 g/mol. The molecule has 1 aliphatic carbocycles. The van der Waals surface area contributed by atoms with Crippen LogP contribution in [0.1, 0.15) is 44.9 Å². The fourth-order valence-electron chi connectivity index (χ4n) is 2.65. The highest BCUT2D eigenvalue weighted by molar-refractivity contribution is 5.62. The summed E-state index contributed by atoms with van der Waals surface area (Å²) in [4.78, 5) is 10.2. The molecule has 1 aliphatic rings. The van der Waals surface area contributed by atoms with Crippen molar-refractivity contribution in [2.45, 2.75) is 51.0 Å². The van der Waals surface area contributed by atoms with Crippen molar-refractivity contribution in [2.75, 3.05) is 5.32 Å². The van der Waals surface area contributed by atoms with Crippen molar-refractivity contribution in [1.29, 1.82) is 0 Å². The first-order valence-corrected chi connectivity index (χ1v) is 6.98. The van der Waals surface area contributed by atoms with Gasteiger partial charge in [0.25, 0.3) is 5.69 Å². The van der Waals surface area contributed by atoms with Crippen LogP contribution in [-0.4, -0.2) is 11.0 Å². The summed E-state index contributed by atoms with van der Waals surface area (Å²) >= 11 is 0. The van der Waals surface area contributed by atoms with Gasteiger partial charge in [-0.3, -0.25) is 10.1 Å². The standard InChI is InChI=1S/C14H18F2N2O2/c15-10-8-12(16)14(13(9-10)18(19)20)17-11-6-4-2-1-3-5-7-11/h8-9,11,17H,1-7H2. The molecule has 4 nitrogen and oxygen atoms in total. The minimum Gasteiger partial charge on any atom is -0.374 e. The molecule has 1 fully saturated rings. The average molecular weight is 284 g/mol. The van der Waals surface area contributed by atoms with E-state index in [1.54, 1.807) is 0 Å². The lowest BCUT2D eigenvalue weighted by Gasteiger charge is -2.22. The van der Waals surface area contributed by atoms with E-state index < -0.39 is 22.2 Å². The van der Waals surface area contributed by atoms with Crippen LogP contribution in [0.2, 0.25) is 0 Å². The van der Waals surface area contributed by atoms with Crippen molar-refractivity contribution in [1.82, 2.24) is 0 Å². The van der Waals surface area contributed by atoms with Gasteiger partial charge in [0.2, 0.25) is 0 Å². The topological polar surface area (TPSA) is 55.2 Å². The lowest BCUT2D eigenvalue weighted by Crippen LogP contribution is -2.22. The van der Waals surface area contributed by atoms with Gasteiger partial charge in [0, 0.05) is 12.1 Å². The van der Waals surface area contributed by atoms with Gasteiger partial charge in [-0.2, -0.15) is 0 Å². The zero-order chi connectivity index (χ0) is 14.5. The summed E-state index contributed by atoms with van der Waals surface area (Å²) in [7, 11) is 0. The molecule has 0 amide bonds. The minimum atomic E-state index is -0.933. The van der Waals surface area contributed by atoms with E-state index in [0.717, 1.165) is 44.6 Å². The Balaban J connectivity index is 2.20. The number of anilines is 1. The van der Waals surface area contributed by atoms with Crippen molar-refractivity contribution in [3.05, 3.63) is 33.9 Å². The van der Waals surface area contributed by atoms with E-state index in [9.17, 15) is 18.9 Å². The Morgan fingerprint density at radius 2 is 1.70 bits per heavy atom. The van der Waals surface area contributed by atoms with Crippen molar-refractivity contribution in [2.24, 2.45) is 0 Å². The maximum Gasteiger partial charge on any atom is 0.298 e. The van der Waals surface area contributed by atoms with Gasteiger partial charge in [0.1, 0.15) is 11.5 Å². The molecule has 0 unspecified atom stereocenters. The third-order valence-corrected chi connectivity index (χ3v) is 3.68. The number of nitro benzene ring substituents is 1. The van der Waals surface area contributed by atoms with E-state index >= 15 is 0 Å². The summed E-state index contributed by atoms with van der Waals surface area (Å²) in [5, 5.41) is 13.8. The Kier molecular flexibility index (Phi) is 4.87. The maximum absolute atomic E-state index is 13.8. The van der Waals surface area contributed by atoms with Gasteiger partial charge in [0.15, 0.2) is 5.82 Å². The quantitative estimate of drug-likeness (QED) is 0.661. The molecular formula is C14H18F2N2O2. The second-order valence-corrected chi connectivity index (χ2v) is 5.23. The predicted octanol–water partition coefficient (Wildman–Crippen LogP) is 4.40. The molecule has 6 heteroatoms. The zero-order valence-corrected chi connectivity index (χ0v) is 11.2. The van der Waals surface area contributed by atoms with E-state index in [1.807, 2.05) is 0 Å². The van der Waals surface area contributed by atoms with Gasteiger partial charge >= 0.3 is 0 Å². The molecule has 0 radical (unpaired) electrons. The van der Waals surface area contributed by atoms with Crippen molar-refractivity contribution < 1.29 is 13.7 Å². The van der Waals surface area contributed by atoms with Crippen molar-refractivity contribution in [3.8, 4) is 0 Å². The van der Waals surface area contributed by atoms with Crippen LogP contribution in [0.5, 0.6) is 0 Å². The maximum atomic E-state index is 13.8. The Morgan fingerprint density at radius 3 is 2.30 bits per heavy atom. The summed E-state index contributed by atoms with van der Waals surface area (Å²) in [6, 6.07) is 1.45. The van der Waals surface area contributed by atoms with Crippen LogP contribution in [0.3, 0.4) is 0 Å². The van der Waals surface area contributed by atoms with Gasteiger partial charge in [-0.1, -0.05) is 32.1 Å². The molecule has 110 valence electrons. The van der Waals surface area contributed by atoms with E-state index in [0.29, 0.717) is 6.07 Å². The Bertz CT molecular complexity index is 486. The third-order valence-electron chi connectivity index (χ3n) is 3.68. The summed E-state index contributed by atoms with van der Waals surface area (Å²) < 4.78 is 26.9. The highest BCUT2D eigenvalue weighted by Gasteiger charge is 2.23. The van der Waals surface area contributed by atoms with Crippen LogP contribution in [-0.2, 0) is 0 Å². The number of nitro groups is 1. The van der Waals surface area contributed by atoms with Crippen LogP contribution in [0.15, 0.2) is 12.1 Å². The normalized spacial score (nSPS) is 17.3. The van der Waals surface area contributed by atoms with Gasteiger partial charge in [-0.25, -0.2) is 8.78 Å². The number of benzene rings is 1. The first-order chi connectivity index (χ1) is 9.58. The molecule has 20 heavy (non-hydrogen) atoms. The van der Waals surface area contributed by atoms with E-state index in [1.165, 1.54) is 6.42 Å². The van der Waals surface area contributed by atoms with E-state index in [4.69, 9.17) is 0 Å². The zero-order valence-electron chi connectivity index (χ0n) is 11.2. The van der Waals surface area contributed by atoms with Crippen LogP contribution in [0, 0.1) is 21.7 Å². The van der Waals surface area contributed by atoms with Crippen LogP contribution in [0.25, 0.3) is 0 Å². The number of nitrogens with zero attached hydrogens (tertiary/aromatic N) is 1.